The quantitative estimate of drug-likeness (QED) is 0.885. The third kappa shape index (κ3) is 2.55. The van der Waals surface area contributed by atoms with Crippen LogP contribution in [0.2, 0.25) is 0 Å². The Hall–Kier alpha value is -0.880. The van der Waals surface area contributed by atoms with Gasteiger partial charge in [-0.1, -0.05) is 5.16 Å². The first kappa shape index (κ1) is 11.2. The highest BCUT2D eigenvalue weighted by atomic mass is 79.9. The number of carboxylic acid groups (broad SMARTS) is 1. The predicted molar refractivity (Wildman–Crippen MR) is 53.4 cm³/mol. The SMILES string of the molecule is CN(C)CCc1c(Br)noc1C(=O)O. The van der Waals surface area contributed by atoms with E-state index < -0.39 is 5.97 Å². The monoisotopic (exact) mass is 262 g/mol. The van der Waals surface area contributed by atoms with Gasteiger partial charge < -0.3 is 14.5 Å². The van der Waals surface area contributed by atoms with Crippen molar-refractivity contribution in [3.05, 3.63) is 15.9 Å². The van der Waals surface area contributed by atoms with Crippen LogP contribution < -0.4 is 0 Å². The van der Waals surface area contributed by atoms with Gasteiger partial charge in [0.25, 0.3) is 0 Å². The molecule has 0 aromatic carbocycles. The Balaban J connectivity index is 2.83. The zero-order valence-electron chi connectivity index (χ0n) is 7.95. The van der Waals surface area contributed by atoms with E-state index in [-0.39, 0.29) is 5.76 Å². The zero-order valence-corrected chi connectivity index (χ0v) is 9.54. The second-order valence-corrected chi connectivity index (χ2v) is 3.89. The summed E-state index contributed by atoms with van der Waals surface area (Å²) in [6.07, 6.45) is 0.596. The third-order valence-corrected chi connectivity index (χ3v) is 2.37. The van der Waals surface area contributed by atoms with Crippen LogP contribution in [0, 0.1) is 0 Å². The van der Waals surface area contributed by atoms with Gasteiger partial charge in [-0.2, -0.15) is 0 Å². The standard InChI is InChI=1S/C8H11BrN2O3/c1-11(2)4-3-5-6(8(12)13)14-10-7(5)9/h3-4H2,1-2H3,(H,12,13). The smallest absolute Gasteiger partial charge is 0.375 e. The molecule has 0 aliphatic carbocycles. The number of carbonyl (C=O) groups is 1. The molecule has 0 fully saturated rings. The van der Waals surface area contributed by atoms with Crippen molar-refractivity contribution < 1.29 is 14.4 Å². The van der Waals surface area contributed by atoms with E-state index in [1.807, 2.05) is 19.0 Å². The summed E-state index contributed by atoms with van der Waals surface area (Å²) in [4.78, 5) is 12.7. The second-order valence-electron chi connectivity index (χ2n) is 3.14. The number of nitrogens with zero attached hydrogens (tertiary/aromatic N) is 2. The second kappa shape index (κ2) is 4.56. The highest BCUT2D eigenvalue weighted by molar-refractivity contribution is 9.10. The molecule has 1 heterocycles. The number of halogens is 1. The molecule has 0 amide bonds. The van der Waals surface area contributed by atoms with Crippen LogP contribution in [-0.2, 0) is 6.42 Å². The van der Waals surface area contributed by atoms with Gasteiger partial charge in [0, 0.05) is 12.1 Å². The first-order valence-electron chi connectivity index (χ1n) is 4.04. The van der Waals surface area contributed by atoms with Crippen molar-refractivity contribution in [1.29, 1.82) is 0 Å². The molecule has 14 heavy (non-hydrogen) atoms. The molecule has 0 aliphatic rings. The molecule has 0 aliphatic heterocycles. The number of aromatic nitrogens is 1. The molecule has 1 N–H and O–H groups in total. The maximum atomic E-state index is 10.7. The van der Waals surface area contributed by atoms with E-state index in [2.05, 4.69) is 25.6 Å². The van der Waals surface area contributed by atoms with Crippen LogP contribution in [0.25, 0.3) is 0 Å². The van der Waals surface area contributed by atoms with Gasteiger partial charge in [-0.25, -0.2) is 4.79 Å². The highest BCUT2D eigenvalue weighted by Gasteiger charge is 2.19. The lowest BCUT2D eigenvalue weighted by Crippen LogP contribution is -2.16. The molecule has 0 saturated heterocycles. The average molecular weight is 263 g/mol. The predicted octanol–water partition coefficient (Wildman–Crippen LogP) is 1.24. The molecule has 78 valence electrons. The van der Waals surface area contributed by atoms with Gasteiger partial charge in [-0.05, 0) is 36.4 Å². The van der Waals surface area contributed by atoms with Gasteiger partial charge in [-0.15, -0.1) is 0 Å². The van der Waals surface area contributed by atoms with E-state index in [0.29, 0.717) is 16.6 Å². The van der Waals surface area contributed by atoms with Crippen molar-refractivity contribution in [3.8, 4) is 0 Å². The molecule has 1 aromatic rings. The summed E-state index contributed by atoms with van der Waals surface area (Å²) < 4.78 is 5.14. The minimum absolute atomic E-state index is 0.0845. The molecule has 5 nitrogen and oxygen atoms in total. The lowest BCUT2D eigenvalue weighted by atomic mass is 10.2. The summed E-state index contributed by atoms with van der Waals surface area (Å²) in [5.74, 6) is -1.17. The van der Waals surface area contributed by atoms with Gasteiger partial charge in [0.05, 0.1) is 0 Å². The number of hydrogen-bond donors (Lipinski definition) is 1. The normalized spacial score (nSPS) is 10.9. The zero-order chi connectivity index (χ0) is 10.7. The first-order chi connectivity index (χ1) is 6.52. The van der Waals surface area contributed by atoms with E-state index in [0.717, 1.165) is 6.54 Å². The third-order valence-electron chi connectivity index (χ3n) is 1.74. The van der Waals surface area contributed by atoms with E-state index in [1.165, 1.54) is 0 Å². The van der Waals surface area contributed by atoms with Crippen LogP contribution in [0.3, 0.4) is 0 Å². The number of likely N-dealkylation sites (N-methyl/N-ethyl adjacent to an activating group) is 1. The van der Waals surface area contributed by atoms with Crippen LogP contribution in [0.4, 0.5) is 0 Å². The van der Waals surface area contributed by atoms with Gasteiger partial charge in [0.1, 0.15) is 0 Å². The minimum Gasteiger partial charge on any atom is -0.475 e. The fourth-order valence-corrected chi connectivity index (χ4v) is 1.46. The molecular weight excluding hydrogens is 252 g/mol. The van der Waals surface area contributed by atoms with Crippen LogP contribution in [0.5, 0.6) is 0 Å². The van der Waals surface area contributed by atoms with Crippen molar-refractivity contribution in [2.45, 2.75) is 6.42 Å². The van der Waals surface area contributed by atoms with Crippen LogP contribution in [-0.4, -0.2) is 41.8 Å². The lowest BCUT2D eigenvalue weighted by Gasteiger charge is -2.07. The Bertz CT molecular complexity index is 335. The van der Waals surface area contributed by atoms with Gasteiger partial charge in [0.15, 0.2) is 4.60 Å². The Labute approximate surface area is 89.8 Å². The molecule has 1 rings (SSSR count). The summed E-state index contributed by atoms with van der Waals surface area (Å²) >= 11 is 3.15. The maximum Gasteiger partial charge on any atom is 0.375 e. The van der Waals surface area contributed by atoms with Crippen molar-refractivity contribution in [1.82, 2.24) is 10.1 Å². The van der Waals surface area contributed by atoms with E-state index in [1.54, 1.807) is 0 Å². The van der Waals surface area contributed by atoms with Crippen molar-refractivity contribution in [3.63, 3.8) is 0 Å². The number of aromatic carboxylic acids is 1. The summed E-state index contributed by atoms with van der Waals surface area (Å²) in [7, 11) is 3.84. The van der Waals surface area contributed by atoms with Gasteiger partial charge >= 0.3 is 5.97 Å². The average Bonchev–Trinajstić information content (AvgIpc) is 2.43. The number of hydrogen-bond acceptors (Lipinski definition) is 4. The van der Waals surface area contributed by atoms with Crippen molar-refractivity contribution >= 4 is 21.9 Å². The number of rotatable bonds is 4. The molecule has 0 radical (unpaired) electrons. The Kier molecular flexibility index (Phi) is 3.65. The lowest BCUT2D eigenvalue weighted by molar-refractivity contribution is 0.0650. The molecule has 0 bridgehead atoms. The molecule has 1 aromatic heterocycles. The molecule has 0 unspecified atom stereocenters. The van der Waals surface area contributed by atoms with E-state index >= 15 is 0 Å². The fraction of sp³-hybridized carbons (Fsp3) is 0.500. The topological polar surface area (TPSA) is 66.6 Å². The van der Waals surface area contributed by atoms with Gasteiger partial charge in [0.2, 0.25) is 5.76 Å². The van der Waals surface area contributed by atoms with E-state index in [4.69, 9.17) is 5.11 Å². The fourth-order valence-electron chi connectivity index (χ4n) is 1.01. The summed E-state index contributed by atoms with van der Waals surface area (Å²) in [6.45, 7) is 0.750. The summed E-state index contributed by atoms with van der Waals surface area (Å²) in [5, 5.41) is 12.3. The Morgan fingerprint density at radius 3 is 2.79 bits per heavy atom. The Morgan fingerprint density at radius 1 is 1.64 bits per heavy atom. The molecule has 0 atom stereocenters. The van der Waals surface area contributed by atoms with Crippen molar-refractivity contribution in [2.75, 3.05) is 20.6 Å². The van der Waals surface area contributed by atoms with E-state index in [9.17, 15) is 4.79 Å². The molecule has 0 spiro atoms. The summed E-state index contributed by atoms with van der Waals surface area (Å²) in [5.41, 5.74) is 0.603. The molecule has 0 saturated carbocycles. The Morgan fingerprint density at radius 2 is 2.29 bits per heavy atom. The number of carboxylic acids is 1. The van der Waals surface area contributed by atoms with Gasteiger partial charge in [-0.3, -0.25) is 0 Å². The minimum atomic E-state index is -1.09. The largest absolute Gasteiger partial charge is 0.475 e. The molecule has 6 heteroatoms. The van der Waals surface area contributed by atoms with Crippen molar-refractivity contribution in [2.24, 2.45) is 0 Å². The maximum absolute atomic E-state index is 10.7. The van der Waals surface area contributed by atoms with Crippen LogP contribution in [0.15, 0.2) is 9.13 Å². The summed E-state index contributed by atoms with van der Waals surface area (Å²) in [6, 6.07) is 0. The van der Waals surface area contributed by atoms with Crippen LogP contribution in [0.1, 0.15) is 16.1 Å². The highest BCUT2D eigenvalue weighted by Crippen LogP contribution is 2.20. The molecular formula is C8H11BrN2O3. The van der Waals surface area contributed by atoms with Crippen LogP contribution >= 0.6 is 15.9 Å². The first-order valence-corrected chi connectivity index (χ1v) is 4.83.